The van der Waals surface area contributed by atoms with Gasteiger partial charge in [0.25, 0.3) is 0 Å². The van der Waals surface area contributed by atoms with Gasteiger partial charge in [-0.15, -0.1) is 0 Å². The molecule has 0 fully saturated rings. The molecule has 0 radical (unpaired) electrons. The largest absolute Gasteiger partial charge is 0.464 e. The number of anilines is 1. The topological polar surface area (TPSA) is 89.8 Å². The molecular formula is C19H18N2O6. The molecule has 140 valence electrons. The first-order valence-electron chi connectivity index (χ1n) is 8.35. The summed E-state index contributed by atoms with van der Waals surface area (Å²) in [4.78, 5) is 17.9. The van der Waals surface area contributed by atoms with E-state index in [0.29, 0.717) is 22.8 Å². The van der Waals surface area contributed by atoms with Crippen molar-refractivity contribution in [1.82, 2.24) is 0 Å². The Morgan fingerprint density at radius 2 is 2.04 bits per heavy atom. The summed E-state index contributed by atoms with van der Waals surface area (Å²) in [5, 5.41) is 14.1. The molecule has 5 rings (SSSR count). The van der Waals surface area contributed by atoms with E-state index in [9.17, 15) is 10.0 Å². The zero-order chi connectivity index (χ0) is 19.1. The molecule has 2 aromatic rings. The first-order valence-corrected chi connectivity index (χ1v) is 8.35. The smallest absolute Gasteiger partial charge is 0.360 e. The van der Waals surface area contributed by atoms with Gasteiger partial charge in [0.2, 0.25) is 6.79 Å². The number of benzene rings is 2. The highest BCUT2D eigenvalue weighted by Gasteiger charge is 2.32. The number of rotatable bonds is 4. The summed E-state index contributed by atoms with van der Waals surface area (Å²) in [5.41, 5.74) is 2.71. The van der Waals surface area contributed by atoms with E-state index in [4.69, 9.17) is 14.3 Å². The summed E-state index contributed by atoms with van der Waals surface area (Å²) in [6.07, 6.45) is 0. The first-order chi connectivity index (χ1) is 13.0. The maximum Gasteiger partial charge on any atom is 0.360 e. The summed E-state index contributed by atoms with van der Waals surface area (Å²) in [7, 11) is 1.23. The van der Waals surface area contributed by atoms with Gasteiger partial charge in [-0.25, -0.2) is 9.86 Å². The standard InChI is InChI=1S/C19H18N2O6/c1-10-6-13-8-14(17(20-23)19(22)24-3)18(10)27-21(13)11(2)12-4-5-15-16(7-12)26-9-25-15/h4-8,11,23H,9H2,1-3H3. The minimum Gasteiger partial charge on any atom is -0.464 e. The van der Waals surface area contributed by atoms with Crippen LogP contribution >= 0.6 is 0 Å². The lowest BCUT2D eigenvalue weighted by Gasteiger charge is -2.36. The fraction of sp³-hybridized carbons (Fsp3) is 0.263. The molecule has 1 N–H and O–H groups in total. The van der Waals surface area contributed by atoms with Crippen LogP contribution in [0.4, 0.5) is 5.69 Å². The highest BCUT2D eigenvalue weighted by molar-refractivity contribution is 6.44. The molecule has 0 saturated heterocycles. The van der Waals surface area contributed by atoms with Crippen molar-refractivity contribution in [2.45, 2.75) is 19.9 Å². The number of methoxy groups -OCH3 is 1. The van der Waals surface area contributed by atoms with Gasteiger partial charge in [-0.3, -0.25) is 0 Å². The lowest BCUT2D eigenvalue weighted by molar-refractivity contribution is -0.132. The summed E-state index contributed by atoms with van der Waals surface area (Å²) < 4.78 is 15.5. The SMILES string of the molecule is COC(=O)C(=NO)c1cc2cc(C)c1ON2C(C)c1ccc2c(c1)OCO2. The van der Waals surface area contributed by atoms with Gasteiger partial charge in [0.05, 0.1) is 24.4 Å². The first kappa shape index (κ1) is 17.0. The van der Waals surface area contributed by atoms with Crippen molar-refractivity contribution < 1.29 is 29.0 Å². The highest BCUT2D eigenvalue weighted by atomic mass is 16.7. The van der Waals surface area contributed by atoms with Gasteiger partial charge in [-0.2, -0.15) is 0 Å². The summed E-state index contributed by atoms with van der Waals surface area (Å²) >= 11 is 0. The van der Waals surface area contributed by atoms with Gasteiger partial charge in [-0.1, -0.05) is 11.2 Å². The monoisotopic (exact) mass is 370 g/mol. The van der Waals surface area contributed by atoms with Crippen LogP contribution in [0, 0.1) is 6.92 Å². The molecule has 0 saturated carbocycles. The zero-order valence-electron chi connectivity index (χ0n) is 15.1. The number of nitrogens with zero attached hydrogens (tertiary/aromatic N) is 2. The van der Waals surface area contributed by atoms with Crippen LogP contribution in [-0.2, 0) is 9.53 Å². The van der Waals surface area contributed by atoms with Gasteiger partial charge in [-0.05, 0) is 49.2 Å². The van der Waals surface area contributed by atoms with E-state index in [1.807, 2.05) is 38.1 Å². The number of carbonyl (C=O) groups is 1. The molecule has 2 bridgehead atoms. The van der Waals surface area contributed by atoms with Crippen LogP contribution in [0.15, 0.2) is 35.5 Å². The molecule has 0 spiro atoms. The van der Waals surface area contributed by atoms with Crippen LogP contribution in [0.2, 0.25) is 0 Å². The van der Waals surface area contributed by atoms with Gasteiger partial charge < -0.3 is 24.3 Å². The Labute approximate surface area is 155 Å². The van der Waals surface area contributed by atoms with Crippen molar-refractivity contribution >= 4 is 17.4 Å². The molecule has 3 heterocycles. The van der Waals surface area contributed by atoms with Crippen LogP contribution in [-0.4, -0.2) is 30.8 Å². The Balaban J connectivity index is 1.69. The molecule has 1 unspecified atom stereocenters. The molecule has 8 heteroatoms. The summed E-state index contributed by atoms with van der Waals surface area (Å²) in [5.74, 6) is 1.11. The minimum absolute atomic E-state index is 0.140. The van der Waals surface area contributed by atoms with Crippen molar-refractivity contribution in [2.75, 3.05) is 19.0 Å². The maximum atomic E-state index is 11.9. The Kier molecular flexibility index (Phi) is 4.02. The summed E-state index contributed by atoms with van der Waals surface area (Å²) in [6.45, 7) is 4.06. The van der Waals surface area contributed by atoms with Crippen molar-refractivity contribution in [3.05, 3.63) is 47.0 Å². The Morgan fingerprint density at radius 1 is 1.26 bits per heavy atom. The molecular weight excluding hydrogens is 352 g/mol. The van der Waals surface area contributed by atoms with Crippen LogP contribution in [0.1, 0.15) is 29.7 Å². The molecule has 2 aromatic carbocycles. The van der Waals surface area contributed by atoms with Crippen molar-refractivity contribution in [3.8, 4) is 17.2 Å². The predicted octanol–water partition coefficient (Wildman–Crippen LogP) is 2.95. The van der Waals surface area contributed by atoms with Crippen LogP contribution in [0.5, 0.6) is 17.2 Å². The number of carbonyl (C=O) groups excluding carboxylic acids is 1. The number of esters is 1. The van der Waals surface area contributed by atoms with E-state index < -0.39 is 5.97 Å². The molecule has 0 amide bonds. The number of aryl methyl sites for hydroxylation is 1. The van der Waals surface area contributed by atoms with E-state index in [2.05, 4.69) is 9.89 Å². The van der Waals surface area contributed by atoms with E-state index >= 15 is 0 Å². The van der Waals surface area contributed by atoms with Crippen LogP contribution in [0.3, 0.4) is 0 Å². The van der Waals surface area contributed by atoms with Crippen LogP contribution in [0.25, 0.3) is 0 Å². The van der Waals surface area contributed by atoms with Gasteiger partial charge in [0.1, 0.15) is 0 Å². The van der Waals surface area contributed by atoms with Crippen molar-refractivity contribution in [1.29, 1.82) is 0 Å². The zero-order valence-corrected chi connectivity index (χ0v) is 15.1. The fourth-order valence-corrected chi connectivity index (χ4v) is 3.24. The van der Waals surface area contributed by atoms with Crippen molar-refractivity contribution in [2.24, 2.45) is 5.16 Å². The van der Waals surface area contributed by atoms with Gasteiger partial charge in [0, 0.05) is 0 Å². The molecule has 3 aliphatic rings. The lowest BCUT2D eigenvalue weighted by Crippen LogP contribution is -2.35. The third-order valence-electron chi connectivity index (χ3n) is 4.67. The average molecular weight is 370 g/mol. The number of fused-ring (bicyclic) bond motifs is 4. The maximum absolute atomic E-state index is 11.9. The van der Waals surface area contributed by atoms with E-state index in [1.165, 1.54) is 7.11 Å². The summed E-state index contributed by atoms with van der Waals surface area (Å²) in [6, 6.07) is 9.27. The third kappa shape index (κ3) is 2.69. The number of hydroxylamine groups is 1. The second kappa shape index (κ2) is 6.39. The Hall–Kier alpha value is -3.42. The van der Waals surface area contributed by atoms with Crippen LogP contribution < -0.4 is 19.4 Å². The quantitative estimate of drug-likeness (QED) is 0.383. The van der Waals surface area contributed by atoms with E-state index in [1.54, 1.807) is 11.1 Å². The normalized spacial score (nSPS) is 15.5. The number of hydrogen-bond acceptors (Lipinski definition) is 8. The number of ether oxygens (including phenoxy) is 3. The molecule has 27 heavy (non-hydrogen) atoms. The van der Waals surface area contributed by atoms with E-state index in [-0.39, 0.29) is 18.5 Å². The number of oxime groups is 1. The molecule has 8 nitrogen and oxygen atoms in total. The third-order valence-corrected chi connectivity index (χ3v) is 4.67. The van der Waals surface area contributed by atoms with E-state index in [0.717, 1.165) is 16.8 Å². The second-order valence-electron chi connectivity index (χ2n) is 6.29. The molecule has 0 aromatic heterocycles. The molecule has 0 aliphatic carbocycles. The molecule has 3 aliphatic heterocycles. The van der Waals surface area contributed by atoms with Gasteiger partial charge in [0.15, 0.2) is 23.0 Å². The fourth-order valence-electron chi connectivity index (χ4n) is 3.24. The second-order valence-corrected chi connectivity index (χ2v) is 6.29. The Bertz CT molecular complexity index is 955. The highest BCUT2D eigenvalue weighted by Crippen LogP contribution is 2.42. The molecule has 1 atom stereocenters. The average Bonchev–Trinajstić information content (AvgIpc) is 3.15. The Morgan fingerprint density at radius 3 is 2.74 bits per heavy atom. The van der Waals surface area contributed by atoms with Gasteiger partial charge >= 0.3 is 5.97 Å². The minimum atomic E-state index is -0.740. The lowest BCUT2D eigenvalue weighted by atomic mass is 10.0. The van der Waals surface area contributed by atoms with Crippen molar-refractivity contribution in [3.63, 3.8) is 0 Å². The predicted molar refractivity (Wildman–Crippen MR) is 95.6 cm³/mol. The number of hydrogen-bond donors (Lipinski definition) is 1.